The van der Waals surface area contributed by atoms with E-state index in [1.165, 1.54) is 12.1 Å². The number of amides is 2. The van der Waals surface area contributed by atoms with Crippen molar-refractivity contribution in [2.24, 2.45) is 0 Å². The minimum Gasteiger partial charge on any atom is -0.492 e. The summed E-state index contributed by atoms with van der Waals surface area (Å²) in [6, 6.07) is 5.68. The Bertz CT molecular complexity index is 456. The summed E-state index contributed by atoms with van der Waals surface area (Å²) in [6.45, 7) is 5.83. The van der Waals surface area contributed by atoms with E-state index in [9.17, 15) is 9.18 Å². The fourth-order valence-electron chi connectivity index (χ4n) is 2.31. The van der Waals surface area contributed by atoms with Crippen molar-refractivity contribution in [3.8, 4) is 5.75 Å². The molecule has 0 bridgehead atoms. The van der Waals surface area contributed by atoms with Gasteiger partial charge in [-0.3, -0.25) is 0 Å². The second kappa shape index (κ2) is 7.26. The summed E-state index contributed by atoms with van der Waals surface area (Å²) >= 11 is 0. The first-order chi connectivity index (χ1) is 10.0. The van der Waals surface area contributed by atoms with Crippen molar-refractivity contribution < 1.29 is 18.7 Å². The van der Waals surface area contributed by atoms with Crippen LogP contribution in [0.4, 0.5) is 9.18 Å². The average molecular weight is 296 g/mol. The van der Waals surface area contributed by atoms with E-state index < -0.39 is 0 Å². The summed E-state index contributed by atoms with van der Waals surface area (Å²) in [5.41, 5.74) is 0. The van der Waals surface area contributed by atoms with Crippen LogP contribution in [-0.4, -0.2) is 49.4 Å². The van der Waals surface area contributed by atoms with Crippen LogP contribution in [-0.2, 0) is 4.74 Å². The molecule has 116 valence electrons. The summed E-state index contributed by atoms with van der Waals surface area (Å²) in [6.07, 6.45) is 0.102. The zero-order valence-electron chi connectivity index (χ0n) is 12.3. The zero-order chi connectivity index (χ0) is 15.2. The SMILES string of the molecule is C[C@@H]1CN(C(=O)NCCOc2ccc(F)cc2)C[C@H](C)O1. The van der Waals surface area contributed by atoms with Gasteiger partial charge in [-0.05, 0) is 38.1 Å². The number of hydrogen-bond acceptors (Lipinski definition) is 3. The van der Waals surface area contributed by atoms with E-state index in [1.807, 2.05) is 13.8 Å². The van der Waals surface area contributed by atoms with Gasteiger partial charge in [0.05, 0.1) is 18.8 Å². The van der Waals surface area contributed by atoms with E-state index in [4.69, 9.17) is 9.47 Å². The standard InChI is InChI=1S/C15H21FN2O3/c1-11-9-18(10-12(2)21-11)15(19)17-7-8-20-14-5-3-13(16)4-6-14/h3-6,11-12H,7-10H2,1-2H3,(H,17,19)/t11-,12+. The molecule has 2 rings (SSSR count). The number of morpholine rings is 1. The Morgan fingerprint density at radius 2 is 1.95 bits per heavy atom. The van der Waals surface area contributed by atoms with Crippen molar-refractivity contribution in [1.82, 2.24) is 10.2 Å². The highest BCUT2D eigenvalue weighted by Gasteiger charge is 2.25. The highest BCUT2D eigenvalue weighted by molar-refractivity contribution is 5.74. The number of carbonyl (C=O) groups is 1. The van der Waals surface area contributed by atoms with E-state index >= 15 is 0 Å². The van der Waals surface area contributed by atoms with E-state index in [-0.39, 0.29) is 24.1 Å². The van der Waals surface area contributed by atoms with Gasteiger partial charge in [0, 0.05) is 13.1 Å². The van der Waals surface area contributed by atoms with Crippen LogP contribution in [0.3, 0.4) is 0 Å². The van der Waals surface area contributed by atoms with Crippen LogP contribution >= 0.6 is 0 Å². The molecule has 0 spiro atoms. The number of ether oxygens (including phenoxy) is 2. The first kappa shape index (κ1) is 15.6. The van der Waals surface area contributed by atoms with Gasteiger partial charge in [0.25, 0.3) is 0 Å². The Morgan fingerprint density at radius 3 is 2.57 bits per heavy atom. The van der Waals surface area contributed by atoms with Gasteiger partial charge in [-0.1, -0.05) is 0 Å². The first-order valence-corrected chi connectivity index (χ1v) is 7.11. The van der Waals surface area contributed by atoms with Crippen LogP contribution in [0.1, 0.15) is 13.8 Å². The van der Waals surface area contributed by atoms with Crippen molar-refractivity contribution in [1.29, 1.82) is 0 Å². The predicted octanol–water partition coefficient (Wildman–Crippen LogP) is 2.02. The molecule has 1 aliphatic rings. The maximum atomic E-state index is 12.7. The van der Waals surface area contributed by atoms with E-state index in [0.717, 1.165) is 0 Å². The van der Waals surface area contributed by atoms with Crippen molar-refractivity contribution in [3.63, 3.8) is 0 Å². The maximum absolute atomic E-state index is 12.7. The molecule has 6 heteroatoms. The number of hydrogen-bond donors (Lipinski definition) is 1. The molecule has 2 amide bonds. The Labute approximate surface area is 124 Å². The second-order valence-corrected chi connectivity index (χ2v) is 5.20. The molecule has 1 aromatic rings. The first-order valence-electron chi connectivity index (χ1n) is 7.11. The normalized spacial score (nSPS) is 22.0. The van der Waals surface area contributed by atoms with E-state index in [2.05, 4.69) is 5.32 Å². The fourth-order valence-corrected chi connectivity index (χ4v) is 2.31. The smallest absolute Gasteiger partial charge is 0.317 e. The molecular formula is C15H21FN2O3. The summed E-state index contributed by atoms with van der Waals surface area (Å²) in [5, 5.41) is 2.81. The monoisotopic (exact) mass is 296 g/mol. The number of halogens is 1. The number of nitrogens with one attached hydrogen (secondary N) is 1. The Kier molecular flexibility index (Phi) is 5.38. The average Bonchev–Trinajstić information content (AvgIpc) is 2.44. The second-order valence-electron chi connectivity index (χ2n) is 5.20. The molecule has 1 fully saturated rings. The zero-order valence-corrected chi connectivity index (χ0v) is 12.3. The lowest BCUT2D eigenvalue weighted by Crippen LogP contribution is -2.52. The molecule has 1 heterocycles. The van der Waals surface area contributed by atoms with Crippen LogP contribution in [0.25, 0.3) is 0 Å². The van der Waals surface area contributed by atoms with Crippen LogP contribution < -0.4 is 10.1 Å². The van der Waals surface area contributed by atoms with Crippen LogP contribution in [0.2, 0.25) is 0 Å². The quantitative estimate of drug-likeness (QED) is 0.865. The summed E-state index contributed by atoms with van der Waals surface area (Å²) in [7, 11) is 0. The highest BCUT2D eigenvalue weighted by Crippen LogP contribution is 2.11. The number of carbonyl (C=O) groups excluding carboxylic acids is 1. The molecular weight excluding hydrogens is 275 g/mol. The lowest BCUT2D eigenvalue weighted by Gasteiger charge is -2.35. The Morgan fingerprint density at radius 1 is 1.33 bits per heavy atom. The van der Waals surface area contributed by atoms with Gasteiger partial charge in [-0.15, -0.1) is 0 Å². The molecule has 2 atom stereocenters. The van der Waals surface area contributed by atoms with E-state index in [0.29, 0.717) is 32.0 Å². The minimum atomic E-state index is -0.300. The van der Waals surface area contributed by atoms with Gasteiger partial charge in [-0.2, -0.15) is 0 Å². The summed E-state index contributed by atoms with van der Waals surface area (Å²) in [5.74, 6) is 0.283. The number of nitrogens with zero attached hydrogens (tertiary/aromatic N) is 1. The Hall–Kier alpha value is -1.82. The molecule has 5 nitrogen and oxygen atoms in total. The van der Waals surface area contributed by atoms with Crippen molar-refractivity contribution in [3.05, 3.63) is 30.1 Å². The summed E-state index contributed by atoms with van der Waals surface area (Å²) < 4.78 is 23.7. The van der Waals surface area contributed by atoms with Gasteiger partial charge in [0.2, 0.25) is 0 Å². The fraction of sp³-hybridized carbons (Fsp3) is 0.533. The van der Waals surface area contributed by atoms with Crippen molar-refractivity contribution in [2.45, 2.75) is 26.1 Å². The Balaban J connectivity index is 1.68. The van der Waals surface area contributed by atoms with Crippen LogP contribution in [0.5, 0.6) is 5.75 Å². The van der Waals surface area contributed by atoms with Crippen molar-refractivity contribution >= 4 is 6.03 Å². The van der Waals surface area contributed by atoms with Crippen LogP contribution in [0, 0.1) is 5.82 Å². The lowest BCUT2D eigenvalue weighted by atomic mass is 10.2. The molecule has 1 aliphatic heterocycles. The van der Waals surface area contributed by atoms with Gasteiger partial charge in [-0.25, -0.2) is 9.18 Å². The summed E-state index contributed by atoms with van der Waals surface area (Å²) in [4.78, 5) is 13.7. The third-order valence-electron chi connectivity index (χ3n) is 3.17. The van der Waals surface area contributed by atoms with Gasteiger partial charge in [0.1, 0.15) is 18.2 Å². The molecule has 21 heavy (non-hydrogen) atoms. The lowest BCUT2D eigenvalue weighted by molar-refractivity contribution is -0.0545. The minimum absolute atomic E-state index is 0.0509. The third-order valence-corrected chi connectivity index (χ3v) is 3.17. The molecule has 0 saturated carbocycles. The van der Waals surface area contributed by atoms with Gasteiger partial charge < -0.3 is 19.7 Å². The number of rotatable bonds is 4. The largest absolute Gasteiger partial charge is 0.492 e. The molecule has 1 N–H and O–H groups in total. The number of urea groups is 1. The topological polar surface area (TPSA) is 50.8 Å². The van der Waals surface area contributed by atoms with Crippen LogP contribution in [0.15, 0.2) is 24.3 Å². The third kappa shape index (κ3) is 4.90. The van der Waals surface area contributed by atoms with E-state index in [1.54, 1.807) is 17.0 Å². The maximum Gasteiger partial charge on any atom is 0.317 e. The molecule has 0 unspecified atom stereocenters. The van der Waals surface area contributed by atoms with Crippen molar-refractivity contribution in [2.75, 3.05) is 26.2 Å². The molecule has 1 aromatic carbocycles. The molecule has 1 saturated heterocycles. The highest BCUT2D eigenvalue weighted by atomic mass is 19.1. The molecule has 0 aliphatic carbocycles. The predicted molar refractivity (Wildman–Crippen MR) is 76.9 cm³/mol. The molecule has 0 radical (unpaired) electrons. The molecule has 0 aromatic heterocycles. The van der Waals surface area contributed by atoms with Gasteiger partial charge in [0.15, 0.2) is 0 Å². The number of benzene rings is 1. The van der Waals surface area contributed by atoms with Gasteiger partial charge >= 0.3 is 6.03 Å².